The van der Waals surface area contributed by atoms with Crippen LogP contribution >= 0.6 is 23.5 Å². The van der Waals surface area contributed by atoms with Gasteiger partial charge in [0.15, 0.2) is 0 Å². The van der Waals surface area contributed by atoms with Crippen LogP contribution in [0.5, 0.6) is 0 Å². The number of aryl methyl sites for hydroxylation is 1. The van der Waals surface area contributed by atoms with Crippen molar-refractivity contribution in [3.05, 3.63) is 107 Å². The number of thioether (sulfide) groups is 2. The van der Waals surface area contributed by atoms with Crippen LogP contribution in [-0.2, 0) is 4.79 Å². The highest BCUT2D eigenvalue weighted by atomic mass is 32.2. The third-order valence-electron chi connectivity index (χ3n) is 6.41. The molecule has 0 saturated heterocycles. The van der Waals surface area contributed by atoms with Gasteiger partial charge >= 0.3 is 6.03 Å². The normalized spacial score (nSPS) is 18.1. The molecule has 1 aliphatic heterocycles. The number of nitro groups is 1. The molecule has 3 aromatic rings. The summed E-state index contributed by atoms with van der Waals surface area (Å²) in [7, 11) is 0. The maximum absolute atomic E-state index is 13.6. The number of carbonyl (C=O) groups excluding carboxylic acids is 2. The number of hydrogen-bond acceptors (Lipinski definition) is 6. The fourth-order valence-electron chi connectivity index (χ4n) is 4.45. The number of urea groups is 1. The van der Waals surface area contributed by atoms with E-state index >= 15 is 0 Å². The Balaban J connectivity index is 1.27. The Hall–Kier alpha value is -4.02. The maximum Gasteiger partial charge on any atom is 0.326 e. The Morgan fingerprint density at radius 2 is 1.82 bits per heavy atom. The smallest absolute Gasteiger partial charge is 0.325 e. The summed E-state index contributed by atoms with van der Waals surface area (Å²) in [6.07, 6.45) is 8.15. The molecule has 8 nitrogen and oxygen atoms in total. The number of nitrogens with one attached hydrogen (secondary N) is 2. The van der Waals surface area contributed by atoms with Crippen molar-refractivity contribution in [2.75, 3.05) is 15.5 Å². The lowest BCUT2D eigenvalue weighted by Crippen LogP contribution is -2.49. The van der Waals surface area contributed by atoms with E-state index in [9.17, 15) is 19.7 Å². The number of anilines is 3. The van der Waals surface area contributed by atoms with Gasteiger partial charge in [-0.2, -0.15) is 0 Å². The second-order valence-corrected chi connectivity index (χ2v) is 11.8. The summed E-state index contributed by atoms with van der Waals surface area (Å²) in [6, 6.07) is 19.3. The average molecular weight is 559 g/mol. The van der Waals surface area contributed by atoms with Crippen molar-refractivity contribution >= 4 is 58.2 Å². The van der Waals surface area contributed by atoms with Crippen molar-refractivity contribution in [1.29, 1.82) is 0 Å². The molecule has 39 heavy (non-hydrogen) atoms. The first-order chi connectivity index (χ1) is 18.8. The molecular formula is C29H26N4O4S2. The van der Waals surface area contributed by atoms with E-state index in [1.54, 1.807) is 30.5 Å². The summed E-state index contributed by atoms with van der Waals surface area (Å²) >= 11 is 3.11. The third kappa shape index (κ3) is 5.86. The number of carbonyl (C=O) groups is 2. The molecule has 5 rings (SSSR count). The van der Waals surface area contributed by atoms with Gasteiger partial charge in [0.2, 0.25) is 5.91 Å². The number of amides is 3. The summed E-state index contributed by atoms with van der Waals surface area (Å²) in [6.45, 7) is 3.50. The maximum atomic E-state index is 13.6. The van der Waals surface area contributed by atoms with Gasteiger partial charge in [-0.15, -0.1) is 23.5 Å². The number of para-hydroxylation sites is 1. The van der Waals surface area contributed by atoms with E-state index in [2.05, 4.69) is 16.7 Å². The van der Waals surface area contributed by atoms with Crippen molar-refractivity contribution in [1.82, 2.24) is 0 Å². The summed E-state index contributed by atoms with van der Waals surface area (Å²) in [5, 5.41) is 16.6. The number of rotatable bonds is 6. The van der Waals surface area contributed by atoms with Gasteiger partial charge < -0.3 is 10.6 Å². The van der Waals surface area contributed by atoms with Gasteiger partial charge in [-0.25, -0.2) is 4.79 Å². The van der Waals surface area contributed by atoms with E-state index in [1.165, 1.54) is 30.0 Å². The van der Waals surface area contributed by atoms with Gasteiger partial charge in [0.25, 0.3) is 5.69 Å². The fourth-order valence-corrected chi connectivity index (χ4v) is 6.63. The molecule has 0 radical (unpaired) electrons. The summed E-state index contributed by atoms with van der Waals surface area (Å²) in [5.74, 6) is -0.225. The second kappa shape index (κ2) is 11.4. The Labute approximate surface area is 234 Å². The fraction of sp³-hybridized carbons (Fsp3) is 0.172. The number of hydrogen-bond donors (Lipinski definition) is 2. The zero-order valence-corrected chi connectivity index (χ0v) is 22.9. The van der Waals surface area contributed by atoms with Crippen LogP contribution in [-0.4, -0.2) is 33.4 Å². The monoisotopic (exact) mass is 558 g/mol. The number of fused-ring (bicyclic) bond motifs is 2. The van der Waals surface area contributed by atoms with E-state index in [1.807, 2.05) is 66.8 Å². The first kappa shape index (κ1) is 26.6. The Kier molecular flexibility index (Phi) is 7.76. The highest BCUT2D eigenvalue weighted by molar-refractivity contribution is 8.00. The van der Waals surface area contributed by atoms with Gasteiger partial charge in [-0.1, -0.05) is 42.5 Å². The highest BCUT2D eigenvalue weighted by Gasteiger charge is 2.36. The number of allylic oxidation sites excluding steroid dienone is 2. The first-order valence-corrected chi connectivity index (χ1v) is 14.1. The predicted molar refractivity (Wildman–Crippen MR) is 158 cm³/mol. The molecule has 198 valence electrons. The van der Waals surface area contributed by atoms with E-state index in [0.717, 1.165) is 15.5 Å². The minimum absolute atomic E-state index is 0.0231. The van der Waals surface area contributed by atoms with Gasteiger partial charge in [-0.05, 0) is 55.8 Å². The third-order valence-corrected chi connectivity index (χ3v) is 8.81. The van der Waals surface area contributed by atoms with Crippen LogP contribution in [0.2, 0.25) is 0 Å². The number of benzene rings is 3. The number of nitro benzene ring substituents is 1. The molecule has 10 heteroatoms. The summed E-state index contributed by atoms with van der Waals surface area (Å²) in [4.78, 5) is 40.6. The zero-order chi connectivity index (χ0) is 27.5. The van der Waals surface area contributed by atoms with E-state index in [4.69, 9.17) is 0 Å². The standard InChI is InChI=1S/C29H26N4O4S2/c1-18-16-21(33(36)37)14-15-23(18)31-28(34)19(2)38-22-9-7-8-20(17-22)30-29(35)32-24-10-3-5-12-26(24)39-27-13-6-4-11-25(27)32/h3-17,19,24,26H,1-2H3,(H,30,35)(H,31,34). The number of nitrogens with zero attached hydrogens (tertiary/aromatic N) is 2. The van der Waals surface area contributed by atoms with Crippen LogP contribution in [0.1, 0.15) is 12.5 Å². The average Bonchev–Trinajstić information content (AvgIpc) is 2.92. The lowest BCUT2D eigenvalue weighted by Gasteiger charge is -2.40. The number of non-ortho nitro benzene ring substituents is 1. The van der Waals surface area contributed by atoms with Gasteiger partial charge in [0.05, 0.1) is 27.2 Å². The summed E-state index contributed by atoms with van der Waals surface area (Å²) in [5.41, 5.74) is 2.63. The van der Waals surface area contributed by atoms with Gasteiger partial charge in [0, 0.05) is 33.3 Å². The van der Waals surface area contributed by atoms with Gasteiger partial charge in [-0.3, -0.25) is 19.8 Å². The molecule has 3 atom stereocenters. The molecule has 1 aliphatic carbocycles. The molecule has 0 fully saturated rings. The molecule has 0 aromatic heterocycles. The molecule has 0 spiro atoms. The largest absolute Gasteiger partial charge is 0.326 e. The van der Waals surface area contributed by atoms with E-state index in [0.29, 0.717) is 16.9 Å². The molecule has 1 heterocycles. The molecule has 2 aliphatic rings. The van der Waals surface area contributed by atoms with Crippen LogP contribution < -0.4 is 15.5 Å². The van der Waals surface area contributed by atoms with E-state index in [-0.39, 0.29) is 28.9 Å². The summed E-state index contributed by atoms with van der Waals surface area (Å²) < 4.78 is 0. The van der Waals surface area contributed by atoms with Crippen molar-refractivity contribution in [2.24, 2.45) is 0 Å². The zero-order valence-electron chi connectivity index (χ0n) is 21.2. The Morgan fingerprint density at radius 3 is 2.62 bits per heavy atom. The Morgan fingerprint density at radius 1 is 1.03 bits per heavy atom. The molecule has 3 unspecified atom stereocenters. The quantitative estimate of drug-likeness (QED) is 0.191. The highest BCUT2D eigenvalue weighted by Crippen LogP contribution is 2.43. The van der Waals surface area contributed by atoms with Crippen LogP contribution in [0.15, 0.2) is 101 Å². The molecule has 3 aromatic carbocycles. The van der Waals surface area contributed by atoms with Crippen LogP contribution in [0, 0.1) is 17.0 Å². The van der Waals surface area contributed by atoms with Crippen LogP contribution in [0.3, 0.4) is 0 Å². The SMILES string of the molecule is Cc1cc([N+](=O)[O-])ccc1NC(=O)C(C)Sc1cccc(NC(=O)N2c3ccccc3SC3C=CC=CC32)c1. The molecule has 0 bridgehead atoms. The van der Waals surface area contributed by atoms with Gasteiger partial charge in [0.1, 0.15) is 0 Å². The van der Waals surface area contributed by atoms with Crippen molar-refractivity contribution in [3.63, 3.8) is 0 Å². The molecule has 2 N–H and O–H groups in total. The first-order valence-electron chi connectivity index (χ1n) is 12.3. The Bertz CT molecular complexity index is 1510. The van der Waals surface area contributed by atoms with Crippen molar-refractivity contribution in [3.8, 4) is 0 Å². The minimum Gasteiger partial charge on any atom is -0.325 e. The second-order valence-electron chi connectivity index (χ2n) is 9.14. The molecular weight excluding hydrogens is 532 g/mol. The molecule has 0 saturated carbocycles. The van der Waals surface area contributed by atoms with Crippen molar-refractivity contribution in [2.45, 2.75) is 40.2 Å². The minimum atomic E-state index is -0.465. The van der Waals surface area contributed by atoms with Crippen LogP contribution in [0.4, 0.5) is 27.5 Å². The van der Waals surface area contributed by atoms with E-state index < -0.39 is 10.2 Å². The lowest BCUT2D eigenvalue weighted by atomic mass is 10.1. The lowest BCUT2D eigenvalue weighted by molar-refractivity contribution is -0.384. The van der Waals surface area contributed by atoms with Crippen LogP contribution in [0.25, 0.3) is 0 Å². The topological polar surface area (TPSA) is 105 Å². The van der Waals surface area contributed by atoms with Crippen molar-refractivity contribution < 1.29 is 14.5 Å². The predicted octanol–water partition coefficient (Wildman–Crippen LogP) is 7.03. The molecule has 3 amide bonds.